The molecule has 2 amide bonds. The van der Waals surface area contributed by atoms with Gasteiger partial charge in [-0.2, -0.15) is 0 Å². The van der Waals surface area contributed by atoms with Crippen LogP contribution in [0, 0.1) is 0 Å². The van der Waals surface area contributed by atoms with Gasteiger partial charge in [0.2, 0.25) is 5.91 Å². The lowest BCUT2D eigenvalue weighted by Crippen LogP contribution is -2.47. The number of aliphatic hydroxyl groups is 1. The lowest BCUT2D eigenvalue weighted by molar-refractivity contribution is -0.144. The number of rotatable bonds is 5. The Morgan fingerprint density at radius 1 is 1.35 bits per heavy atom. The zero-order chi connectivity index (χ0) is 14.5. The van der Waals surface area contributed by atoms with Crippen LogP contribution in [0.1, 0.15) is 24.8 Å². The smallest absolute Gasteiger partial charge is 0.252 e. The van der Waals surface area contributed by atoms with Crippen LogP contribution >= 0.6 is 0 Å². The predicted octanol–water partition coefficient (Wildman–Crippen LogP) is 0.456. The number of likely N-dealkylation sites (tertiary alicyclic amines) is 1. The van der Waals surface area contributed by atoms with Gasteiger partial charge in [-0.15, -0.1) is 0 Å². The van der Waals surface area contributed by atoms with Crippen LogP contribution in [0.4, 0.5) is 0 Å². The monoisotopic (exact) mass is 276 g/mol. The third kappa shape index (κ3) is 3.36. The van der Waals surface area contributed by atoms with Crippen LogP contribution in [-0.2, 0) is 16.0 Å². The molecule has 0 saturated carbocycles. The summed E-state index contributed by atoms with van der Waals surface area (Å²) < 4.78 is 0. The van der Waals surface area contributed by atoms with Gasteiger partial charge in [0.05, 0.1) is 0 Å². The van der Waals surface area contributed by atoms with Crippen LogP contribution < -0.4 is 5.73 Å². The lowest BCUT2D eigenvalue weighted by atomic mass is 10.1. The van der Waals surface area contributed by atoms with Crippen molar-refractivity contribution in [3.63, 3.8) is 0 Å². The van der Waals surface area contributed by atoms with Gasteiger partial charge in [-0.25, -0.2) is 0 Å². The Morgan fingerprint density at radius 2 is 2.05 bits per heavy atom. The first-order valence-corrected chi connectivity index (χ1v) is 6.91. The standard InChI is InChI=1S/C15H20N2O3/c16-14(19)12-7-4-10-17(12)15(20)13(18)9-8-11-5-2-1-3-6-11/h1-3,5-6,12-13,18H,4,7-10H2,(H2,16,19)/t12?,13-/m0/s1. The largest absolute Gasteiger partial charge is 0.383 e. The van der Waals surface area contributed by atoms with E-state index in [0.29, 0.717) is 25.8 Å². The zero-order valence-electron chi connectivity index (χ0n) is 11.4. The minimum atomic E-state index is -1.07. The van der Waals surface area contributed by atoms with Gasteiger partial charge in [-0.1, -0.05) is 30.3 Å². The molecule has 0 aliphatic carbocycles. The second kappa shape index (κ2) is 6.52. The minimum absolute atomic E-state index is 0.352. The summed E-state index contributed by atoms with van der Waals surface area (Å²) >= 11 is 0. The van der Waals surface area contributed by atoms with Crippen LogP contribution in [0.25, 0.3) is 0 Å². The number of nitrogens with two attached hydrogens (primary N) is 1. The maximum atomic E-state index is 12.1. The fraction of sp³-hybridized carbons (Fsp3) is 0.467. The maximum Gasteiger partial charge on any atom is 0.252 e. The Kier molecular flexibility index (Phi) is 4.74. The Morgan fingerprint density at radius 3 is 2.70 bits per heavy atom. The fourth-order valence-corrected chi connectivity index (χ4v) is 2.59. The van der Waals surface area contributed by atoms with Gasteiger partial charge in [-0.05, 0) is 31.2 Å². The molecule has 1 saturated heterocycles. The molecular formula is C15H20N2O3. The Bertz CT molecular complexity index is 475. The molecule has 5 heteroatoms. The van der Waals surface area contributed by atoms with E-state index in [-0.39, 0.29) is 5.91 Å². The highest BCUT2D eigenvalue weighted by molar-refractivity contribution is 5.89. The summed E-state index contributed by atoms with van der Waals surface area (Å²) in [4.78, 5) is 24.8. The summed E-state index contributed by atoms with van der Waals surface area (Å²) in [6.07, 6.45) is 1.25. The molecule has 108 valence electrons. The van der Waals surface area contributed by atoms with E-state index in [0.717, 1.165) is 12.0 Å². The topological polar surface area (TPSA) is 83.6 Å². The lowest BCUT2D eigenvalue weighted by Gasteiger charge is -2.24. The Hall–Kier alpha value is -1.88. The summed E-state index contributed by atoms with van der Waals surface area (Å²) in [5.41, 5.74) is 6.35. The molecule has 20 heavy (non-hydrogen) atoms. The summed E-state index contributed by atoms with van der Waals surface area (Å²) in [5, 5.41) is 10.00. The first kappa shape index (κ1) is 14.5. The van der Waals surface area contributed by atoms with Gasteiger partial charge >= 0.3 is 0 Å². The van der Waals surface area contributed by atoms with Crippen molar-refractivity contribution in [1.29, 1.82) is 0 Å². The van der Waals surface area contributed by atoms with Crippen molar-refractivity contribution in [2.45, 2.75) is 37.8 Å². The SMILES string of the molecule is NC(=O)C1CCCN1C(=O)[C@@H](O)CCc1ccccc1. The van der Waals surface area contributed by atoms with Crippen molar-refractivity contribution in [3.8, 4) is 0 Å². The molecule has 0 spiro atoms. The fourth-order valence-electron chi connectivity index (χ4n) is 2.59. The zero-order valence-corrected chi connectivity index (χ0v) is 11.4. The number of hydrogen-bond acceptors (Lipinski definition) is 3. The van der Waals surface area contributed by atoms with E-state index >= 15 is 0 Å². The first-order valence-electron chi connectivity index (χ1n) is 6.91. The van der Waals surface area contributed by atoms with E-state index in [4.69, 9.17) is 5.73 Å². The molecule has 1 heterocycles. The average Bonchev–Trinajstić information content (AvgIpc) is 2.94. The number of nitrogens with zero attached hydrogens (tertiary/aromatic N) is 1. The van der Waals surface area contributed by atoms with Crippen molar-refractivity contribution in [3.05, 3.63) is 35.9 Å². The van der Waals surface area contributed by atoms with Crippen molar-refractivity contribution >= 4 is 11.8 Å². The highest BCUT2D eigenvalue weighted by Crippen LogP contribution is 2.19. The van der Waals surface area contributed by atoms with Gasteiger partial charge in [0.25, 0.3) is 5.91 Å². The van der Waals surface area contributed by atoms with Crippen molar-refractivity contribution in [2.75, 3.05) is 6.54 Å². The third-order valence-electron chi connectivity index (χ3n) is 3.70. The second-order valence-corrected chi connectivity index (χ2v) is 5.13. The molecule has 1 unspecified atom stereocenters. The molecule has 0 radical (unpaired) electrons. The van der Waals surface area contributed by atoms with Crippen LogP contribution in [-0.4, -0.2) is 40.5 Å². The maximum absolute atomic E-state index is 12.1. The predicted molar refractivity (Wildman–Crippen MR) is 74.7 cm³/mol. The van der Waals surface area contributed by atoms with Gasteiger partial charge in [0.1, 0.15) is 12.1 Å². The van der Waals surface area contributed by atoms with Crippen molar-refractivity contribution in [1.82, 2.24) is 4.90 Å². The normalized spacial score (nSPS) is 19.9. The second-order valence-electron chi connectivity index (χ2n) is 5.13. The quantitative estimate of drug-likeness (QED) is 0.819. The number of aliphatic hydroxyl groups excluding tert-OH is 1. The van der Waals surface area contributed by atoms with E-state index < -0.39 is 18.1 Å². The van der Waals surface area contributed by atoms with Crippen LogP contribution in [0.5, 0.6) is 0 Å². The van der Waals surface area contributed by atoms with E-state index in [2.05, 4.69) is 0 Å². The number of primary amides is 1. The van der Waals surface area contributed by atoms with Crippen LogP contribution in [0.2, 0.25) is 0 Å². The van der Waals surface area contributed by atoms with E-state index in [9.17, 15) is 14.7 Å². The molecular weight excluding hydrogens is 256 g/mol. The molecule has 0 aromatic heterocycles. The molecule has 1 fully saturated rings. The molecule has 1 aromatic carbocycles. The van der Waals surface area contributed by atoms with Gasteiger partial charge in [-0.3, -0.25) is 9.59 Å². The van der Waals surface area contributed by atoms with E-state index in [1.807, 2.05) is 30.3 Å². The molecule has 5 nitrogen and oxygen atoms in total. The molecule has 0 bridgehead atoms. The number of aryl methyl sites for hydroxylation is 1. The summed E-state index contributed by atoms with van der Waals surface area (Å²) in [6.45, 7) is 0.495. The molecule has 1 aliphatic rings. The highest BCUT2D eigenvalue weighted by Gasteiger charge is 2.35. The summed E-state index contributed by atoms with van der Waals surface area (Å²) in [5.74, 6) is -0.881. The number of carbonyl (C=O) groups is 2. The average molecular weight is 276 g/mol. The molecule has 2 rings (SSSR count). The van der Waals surface area contributed by atoms with Gasteiger partial charge < -0.3 is 15.7 Å². The van der Waals surface area contributed by atoms with Crippen LogP contribution in [0.3, 0.4) is 0 Å². The van der Waals surface area contributed by atoms with E-state index in [1.54, 1.807) is 0 Å². The minimum Gasteiger partial charge on any atom is -0.383 e. The first-order chi connectivity index (χ1) is 9.59. The third-order valence-corrected chi connectivity index (χ3v) is 3.70. The molecule has 1 aromatic rings. The number of benzene rings is 1. The molecule has 1 aliphatic heterocycles. The number of carbonyl (C=O) groups excluding carboxylic acids is 2. The van der Waals surface area contributed by atoms with Crippen LogP contribution in [0.15, 0.2) is 30.3 Å². The van der Waals surface area contributed by atoms with Crippen molar-refractivity contribution in [2.24, 2.45) is 5.73 Å². The Balaban J connectivity index is 1.90. The molecule has 2 atom stereocenters. The Labute approximate surface area is 118 Å². The number of amides is 2. The number of hydrogen-bond donors (Lipinski definition) is 2. The highest BCUT2D eigenvalue weighted by atomic mass is 16.3. The molecule has 3 N–H and O–H groups in total. The summed E-state index contributed by atoms with van der Waals surface area (Å²) in [7, 11) is 0. The van der Waals surface area contributed by atoms with Gasteiger partial charge in [0, 0.05) is 6.54 Å². The van der Waals surface area contributed by atoms with Gasteiger partial charge in [0.15, 0.2) is 0 Å². The summed E-state index contributed by atoms with van der Waals surface area (Å²) in [6, 6.07) is 9.12. The van der Waals surface area contributed by atoms with E-state index in [1.165, 1.54) is 4.90 Å². The van der Waals surface area contributed by atoms with Crippen molar-refractivity contribution < 1.29 is 14.7 Å².